The largest absolute Gasteiger partial charge is 0.379 e. The quantitative estimate of drug-likeness (QED) is 0.0796. The Hall–Kier alpha value is -4.31. The van der Waals surface area contributed by atoms with E-state index in [1.165, 1.54) is 18.6 Å². The lowest BCUT2D eigenvalue weighted by Crippen LogP contribution is -2.44. The molecule has 0 saturated carbocycles. The predicted octanol–water partition coefficient (Wildman–Crippen LogP) is 7.11. The van der Waals surface area contributed by atoms with Gasteiger partial charge in [-0.15, -0.1) is 0 Å². The minimum absolute atomic E-state index is 0.122. The van der Waals surface area contributed by atoms with Crippen LogP contribution < -0.4 is 16.4 Å². The Kier molecular flexibility index (Phi) is 20.0. The number of allylic oxidation sites excluding steroid dienone is 3. The molecule has 0 saturated heterocycles. The van der Waals surface area contributed by atoms with E-state index in [1.807, 2.05) is 38.1 Å². The Morgan fingerprint density at radius 1 is 1.02 bits per heavy atom. The maximum absolute atomic E-state index is 13.4. The average molecular weight is 649 g/mol. The highest BCUT2D eigenvalue weighted by molar-refractivity contribution is 6.06. The standard InChI is InChI=1S/C23H27F2N3O.C12H15NO2.C3H8/c1-3-4-8-21(26)18-7-5-6-16(9-18)14-28-15-23(29-2)22(27)12-17-10-19(24)13-20(25)11-17;1-3-4-13-12(15)11-6-9(2)5-10(7-11)8-14;1-3-2/h3-11,13,22-23,26,28H,1,12,14-15,27H2,2H3;5-8H,3-4H2,1-2H3,(H,13,15);3H2,1-2H3/b8-4-,26-21?;;/t22-,23?;;/m0../s1. The molecule has 0 aliphatic carbocycles. The van der Waals surface area contributed by atoms with E-state index in [-0.39, 0.29) is 12.0 Å². The van der Waals surface area contributed by atoms with Crippen LogP contribution in [0.3, 0.4) is 0 Å². The van der Waals surface area contributed by atoms with Crippen LogP contribution in [0, 0.1) is 24.0 Å². The van der Waals surface area contributed by atoms with Gasteiger partial charge in [0, 0.05) is 50.0 Å². The van der Waals surface area contributed by atoms with Gasteiger partial charge >= 0.3 is 0 Å². The van der Waals surface area contributed by atoms with Gasteiger partial charge in [0.05, 0.1) is 11.8 Å². The third-order valence-corrected chi connectivity index (χ3v) is 6.52. The van der Waals surface area contributed by atoms with Crippen LogP contribution in [-0.2, 0) is 17.7 Å². The number of halogens is 2. The number of hydrogen-bond donors (Lipinski definition) is 4. The van der Waals surface area contributed by atoms with Crippen molar-refractivity contribution in [2.45, 2.75) is 65.6 Å². The third-order valence-electron chi connectivity index (χ3n) is 6.52. The minimum atomic E-state index is -0.618. The van der Waals surface area contributed by atoms with Crippen LogP contribution >= 0.6 is 0 Å². The molecule has 1 unspecified atom stereocenters. The van der Waals surface area contributed by atoms with Crippen molar-refractivity contribution in [1.29, 1.82) is 5.41 Å². The van der Waals surface area contributed by atoms with Crippen LogP contribution in [0.5, 0.6) is 0 Å². The SMILES string of the molecule is C=C/C=C\C(=N)c1cccc(CNCC(OC)[C@@H](N)Cc2cc(F)cc(F)c2)c1.CCC.CCCNC(=O)c1cc(C)cc(C=O)c1. The zero-order chi connectivity index (χ0) is 35.2. The first-order valence-corrected chi connectivity index (χ1v) is 15.8. The Balaban J connectivity index is 0.000000513. The zero-order valence-corrected chi connectivity index (χ0v) is 28.2. The number of rotatable bonds is 15. The monoisotopic (exact) mass is 648 g/mol. The number of benzene rings is 3. The number of hydrogen-bond acceptors (Lipinski definition) is 6. The van der Waals surface area contributed by atoms with E-state index in [0.29, 0.717) is 48.5 Å². The van der Waals surface area contributed by atoms with Gasteiger partial charge in [-0.3, -0.25) is 9.59 Å². The molecule has 0 aliphatic rings. The van der Waals surface area contributed by atoms with Gasteiger partial charge in [-0.25, -0.2) is 8.78 Å². The molecule has 0 fully saturated rings. The van der Waals surface area contributed by atoms with Crippen molar-refractivity contribution in [3.63, 3.8) is 0 Å². The summed E-state index contributed by atoms with van der Waals surface area (Å²) >= 11 is 0. The molecule has 3 aromatic rings. The smallest absolute Gasteiger partial charge is 0.251 e. The van der Waals surface area contributed by atoms with Crippen molar-refractivity contribution in [2.24, 2.45) is 5.73 Å². The number of ether oxygens (including phenoxy) is 1. The lowest BCUT2D eigenvalue weighted by Gasteiger charge is -2.23. The highest BCUT2D eigenvalue weighted by atomic mass is 19.1. The van der Waals surface area contributed by atoms with E-state index in [2.05, 4.69) is 31.1 Å². The molecule has 254 valence electrons. The minimum Gasteiger partial charge on any atom is -0.379 e. The summed E-state index contributed by atoms with van der Waals surface area (Å²) in [5, 5.41) is 14.1. The number of nitrogens with two attached hydrogens (primary N) is 1. The molecule has 0 aliphatic heterocycles. The normalized spacial score (nSPS) is 11.7. The number of amides is 1. The van der Waals surface area contributed by atoms with Crippen molar-refractivity contribution in [3.05, 3.63) is 130 Å². The van der Waals surface area contributed by atoms with Crippen LogP contribution in [0.2, 0.25) is 0 Å². The van der Waals surface area contributed by atoms with Crippen molar-refractivity contribution >= 4 is 17.9 Å². The van der Waals surface area contributed by atoms with Crippen LogP contribution in [0.15, 0.2) is 85.5 Å². The molecule has 2 atom stereocenters. The first-order valence-electron chi connectivity index (χ1n) is 15.8. The van der Waals surface area contributed by atoms with E-state index in [0.717, 1.165) is 35.5 Å². The van der Waals surface area contributed by atoms with Crippen molar-refractivity contribution < 1.29 is 23.1 Å². The first-order chi connectivity index (χ1) is 22.5. The van der Waals surface area contributed by atoms with Gasteiger partial charge < -0.3 is 26.5 Å². The Morgan fingerprint density at radius 3 is 2.30 bits per heavy atom. The third kappa shape index (κ3) is 16.2. The number of aryl methyl sites for hydroxylation is 1. The summed E-state index contributed by atoms with van der Waals surface area (Å²) in [7, 11) is 1.56. The van der Waals surface area contributed by atoms with Crippen molar-refractivity contribution in [2.75, 3.05) is 20.2 Å². The van der Waals surface area contributed by atoms with E-state index < -0.39 is 17.7 Å². The van der Waals surface area contributed by atoms with E-state index in [4.69, 9.17) is 15.9 Å². The highest BCUT2D eigenvalue weighted by Crippen LogP contribution is 2.12. The fraction of sp³-hybridized carbons (Fsp3) is 0.342. The van der Waals surface area contributed by atoms with Crippen LogP contribution in [0.4, 0.5) is 8.78 Å². The van der Waals surface area contributed by atoms with Gasteiger partial charge in [-0.1, -0.05) is 64.1 Å². The summed E-state index contributed by atoms with van der Waals surface area (Å²) in [6, 6.07) is 15.8. The molecule has 0 heterocycles. The average Bonchev–Trinajstić information content (AvgIpc) is 3.04. The highest BCUT2D eigenvalue weighted by Gasteiger charge is 2.18. The molecule has 3 aromatic carbocycles. The van der Waals surface area contributed by atoms with E-state index in [9.17, 15) is 18.4 Å². The van der Waals surface area contributed by atoms with E-state index in [1.54, 1.807) is 43.5 Å². The van der Waals surface area contributed by atoms with Gasteiger partial charge in [0.25, 0.3) is 5.91 Å². The summed E-state index contributed by atoms with van der Waals surface area (Å²) in [4.78, 5) is 22.2. The number of methoxy groups -OCH3 is 1. The Morgan fingerprint density at radius 2 is 1.70 bits per heavy atom. The first kappa shape index (κ1) is 40.7. The topological polar surface area (TPSA) is 117 Å². The van der Waals surface area contributed by atoms with Crippen LogP contribution in [-0.4, -0.2) is 50.3 Å². The second-order valence-electron chi connectivity index (χ2n) is 11.0. The molecule has 0 aromatic heterocycles. The number of carbonyl (C=O) groups is 2. The summed E-state index contributed by atoms with van der Waals surface area (Å²) in [5.41, 5.74) is 10.9. The zero-order valence-electron chi connectivity index (χ0n) is 28.2. The Bertz CT molecular complexity index is 1440. The van der Waals surface area contributed by atoms with Crippen molar-refractivity contribution in [3.8, 4) is 0 Å². The lowest BCUT2D eigenvalue weighted by molar-refractivity contribution is 0.0795. The summed E-state index contributed by atoms with van der Waals surface area (Å²) in [6.45, 7) is 13.4. The Labute approximate surface area is 278 Å². The fourth-order valence-corrected chi connectivity index (χ4v) is 4.36. The van der Waals surface area contributed by atoms with Crippen LogP contribution in [0.25, 0.3) is 0 Å². The van der Waals surface area contributed by atoms with Crippen molar-refractivity contribution in [1.82, 2.24) is 10.6 Å². The maximum Gasteiger partial charge on any atom is 0.251 e. The van der Waals surface area contributed by atoms with Gasteiger partial charge in [-0.05, 0) is 84.5 Å². The molecular formula is C38H50F2N4O3. The molecule has 3 rings (SSSR count). The molecule has 1 amide bonds. The number of nitrogens with one attached hydrogen (secondary N) is 3. The lowest BCUT2D eigenvalue weighted by atomic mass is 10.0. The second kappa shape index (κ2) is 23.1. The number of aldehydes is 1. The molecule has 9 heteroatoms. The van der Waals surface area contributed by atoms with Crippen LogP contribution in [0.1, 0.15) is 76.6 Å². The summed E-state index contributed by atoms with van der Waals surface area (Å²) < 4.78 is 32.2. The molecule has 7 nitrogen and oxygen atoms in total. The number of carbonyl (C=O) groups excluding carboxylic acids is 2. The van der Waals surface area contributed by atoms with E-state index >= 15 is 0 Å². The molecular weight excluding hydrogens is 598 g/mol. The molecule has 5 N–H and O–H groups in total. The second-order valence-corrected chi connectivity index (χ2v) is 11.0. The summed E-state index contributed by atoms with van der Waals surface area (Å²) in [6.07, 6.45) is 7.93. The van der Waals surface area contributed by atoms with Gasteiger partial charge in [-0.2, -0.15) is 0 Å². The van der Waals surface area contributed by atoms with Gasteiger partial charge in [0.15, 0.2) is 0 Å². The molecule has 47 heavy (non-hydrogen) atoms. The van der Waals surface area contributed by atoms with Gasteiger partial charge in [0.2, 0.25) is 0 Å². The molecule has 0 spiro atoms. The molecule has 0 bridgehead atoms. The fourth-order valence-electron chi connectivity index (χ4n) is 4.36. The summed E-state index contributed by atoms with van der Waals surface area (Å²) in [5.74, 6) is -1.36. The maximum atomic E-state index is 13.4. The predicted molar refractivity (Wildman–Crippen MR) is 188 cm³/mol. The van der Waals surface area contributed by atoms with Gasteiger partial charge in [0.1, 0.15) is 17.9 Å². The molecule has 0 radical (unpaired) electrons.